The third kappa shape index (κ3) is 16.5. The summed E-state index contributed by atoms with van der Waals surface area (Å²) in [5.74, 6) is 0.463. The molecule has 0 radical (unpaired) electrons. The number of rotatable bonds is 32. The van der Waals surface area contributed by atoms with Crippen LogP contribution in [0.5, 0.6) is 5.75 Å². The highest BCUT2D eigenvalue weighted by Crippen LogP contribution is 2.43. The average molecular weight is 1190 g/mol. The van der Waals surface area contributed by atoms with Gasteiger partial charge in [0, 0.05) is 107 Å². The first-order valence-electron chi connectivity index (χ1n) is 27.2. The maximum absolute atomic E-state index is 13.6. The molecule has 2 aliphatic rings. The minimum absolute atomic E-state index is 0.00353. The number of aromatic nitrogens is 1. The molecule has 0 saturated carbocycles. The van der Waals surface area contributed by atoms with Crippen LogP contribution in [0.25, 0.3) is 44.3 Å². The molecule has 0 spiro atoms. The summed E-state index contributed by atoms with van der Waals surface area (Å²) in [4.78, 5) is 44.7. The summed E-state index contributed by atoms with van der Waals surface area (Å²) in [5.41, 5.74) is 4.96. The number of carbonyl (C=O) groups is 3. The van der Waals surface area contributed by atoms with E-state index in [-0.39, 0.29) is 87.2 Å². The third-order valence-corrected chi connectivity index (χ3v) is 16.1. The third-order valence-electron chi connectivity index (χ3n) is 13.5. The Bertz CT molecular complexity index is 3600. The molecule has 0 atom stereocenters. The van der Waals surface area contributed by atoms with Gasteiger partial charge in [-0.05, 0) is 125 Å². The Kier molecular flexibility index (Phi) is 23.0. The first-order chi connectivity index (χ1) is 39.5. The maximum atomic E-state index is 13.6. The van der Waals surface area contributed by atoms with Gasteiger partial charge in [-0.2, -0.15) is 8.42 Å². The number of hydrogen-bond acceptors (Lipinski definition) is 15. The smallest absolute Gasteiger partial charge is 0.295 e. The number of halogens is 1. The molecule has 7 rings (SSSR count). The summed E-state index contributed by atoms with van der Waals surface area (Å²) in [7, 11) is -7.65. The van der Waals surface area contributed by atoms with Crippen LogP contribution in [0.15, 0.2) is 116 Å². The summed E-state index contributed by atoms with van der Waals surface area (Å²) >= 11 is 6.05. The van der Waals surface area contributed by atoms with Gasteiger partial charge in [0.15, 0.2) is 0 Å². The van der Waals surface area contributed by atoms with Crippen LogP contribution in [0.3, 0.4) is 0 Å². The molecular formula is C59H71ClN6O14S2. The fraction of sp³-hybridized carbons (Fsp3) is 0.390. The van der Waals surface area contributed by atoms with Crippen molar-refractivity contribution in [3.8, 4) is 28.2 Å². The number of unbranched alkanes of at least 4 members (excludes halogenated alkanes) is 1. The molecule has 1 aliphatic carbocycles. The summed E-state index contributed by atoms with van der Waals surface area (Å²) in [5, 5.41) is 8.32. The van der Waals surface area contributed by atoms with Gasteiger partial charge in [-0.25, -0.2) is 13.1 Å². The number of anilines is 1. The van der Waals surface area contributed by atoms with Crippen molar-refractivity contribution in [3.05, 3.63) is 124 Å². The molecule has 20 nitrogen and oxygen atoms in total. The molecule has 2 amide bonds. The van der Waals surface area contributed by atoms with Gasteiger partial charge in [0.2, 0.25) is 21.8 Å². The lowest BCUT2D eigenvalue weighted by atomic mass is 9.93. The van der Waals surface area contributed by atoms with Crippen LogP contribution in [0.2, 0.25) is 5.02 Å². The molecule has 0 saturated heterocycles. The van der Waals surface area contributed by atoms with Crippen molar-refractivity contribution in [3.63, 3.8) is 0 Å². The summed E-state index contributed by atoms with van der Waals surface area (Å²) in [6, 6.07) is 26.6. The molecule has 1 aromatic heterocycles. The predicted octanol–water partition coefficient (Wildman–Crippen LogP) is 7.82. The fourth-order valence-electron chi connectivity index (χ4n) is 9.38. The second-order valence-electron chi connectivity index (χ2n) is 18.9. The second-order valence-corrected chi connectivity index (χ2v) is 22.5. The predicted molar refractivity (Wildman–Crippen MR) is 314 cm³/mol. The first-order valence-corrected chi connectivity index (χ1v) is 30.5. The van der Waals surface area contributed by atoms with E-state index in [1.165, 1.54) is 12.1 Å². The van der Waals surface area contributed by atoms with E-state index in [1.54, 1.807) is 60.2 Å². The molecule has 0 fully saturated rings. The van der Waals surface area contributed by atoms with Crippen molar-refractivity contribution in [2.45, 2.75) is 63.2 Å². The van der Waals surface area contributed by atoms with E-state index in [1.807, 2.05) is 58.0 Å². The summed E-state index contributed by atoms with van der Waals surface area (Å²) < 4.78 is 101. The molecule has 4 aromatic carbocycles. The lowest BCUT2D eigenvalue weighted by Gasteiger charge is -2.23. The Labute approximate surface area is 483 Å². The summed E-state index contributed by atoms with van der Waals surface area (Å²) in [6.07, 6.45) is 1.55. The van der Waals surface area contributed by atoms with Crippen LogP contribution < -0.4 is 30.3 Å². The lowest BCUT2D eigenvalue weighted by Crippen LogP contribution is -2.28. The number of methoxy groups -OCH3 is 1. The van der Waals surface area contributed by atoms with Crippen molar-refractivity contribution < 1.29 is 63.9 Å². The molecule has 82 heavy (non-hydrogen) atoms. The summed E-state index contributed by atoms with van der Waals surface area (Å²) in [6.45, 7) is 12.3. The van der Waals surface area contributed by atoms with Gasteiger partial charge in [0.25, 0.3) is 16.0 Å². The zero-order valence-corrected chi connectivity index (χ0v) is 49.1. The highest BCUT2D eigenvalue weighted by Gasteiger charge is 2.28. The van der Waals surface area contributed by atoms with Gasteiger partial charge in [-0.15, -0.1) is 0 Å². The second kappa shape index (κ2) is 30.0. The van der Waals surface area contributed by atoms with Crippen molar-refractivity contribution in [2.75, 3.05) is 104 Å². The number of hydrogen-bond donors (Lipinski definition) is 4. The van der Waals surface area contributed by atoms with E-state index in [9.17, 15) is 35.8 Å². The van der Waals surface area contributed by atoms with E-state index in [2.05, 4.69) is 25.2 Å². The standard InChI is InChI=1S/C59H71ClN6O14S2/c1-6-61-43-15-19-47-53(35-43)80-54-36-44(65(7-2)8-3)16-20-48(54)58(47)49-21-18-46(38-55(49)82(72,73)74)81(70,71)64-26-28-77-30-32-79-34-33-78-31-29-76-27-23-56(67)62-24-9-10-25-63-57(68)39-50-40(4)66(52-22-17-45(75-5)37-51(50)52)59(69)41-11-13-42(60)14-12-41/h11-22,35-38,64H,6-10,23-34,39H2,1-5H3,(H,62,67)(H,63,68)(H,72,73,74)/b61-43+. The topological polar surface area (TPSA) is 256 Å². The van der Waals surface area contributed by atoms with Gasteiger partial charge in [-0.3, -0.25) is 28.5 Å². The molecule has 2 heterocycles. The first kappa shape index (κ1) is 62.9. The molecular weight excluding hydrogens is 1120 g/mol. The number of carbonyl (C=O) groups excluding carboxylic acids is 3. The lowest BCUT2D eigenvalue weighted by molar-refractivity contribution is -0.122. The molecule has 5 aromatic rings. The van der Waals surface area contributed by atoms with Crippen LogP contribution in [0.1, 0.15) is 61.6 Å². The number of nitrogens with one attached hydrogen (secondary N) is 3. The Morgan fingerprint density at radius 1 is 0.707 bits per heavy atom. The van der Waals surface area contributed by atoms with E-state index in [0.717, 1.165) is 35.8 Å². The van der Waals surface area contributed by atoms with E-state index < -0.39 is 25.0 Å². The highest BCUT2D eigenvalue weighted by molar-refractivity contribution is 7.89. The van der Waals surface area contributed by atoms with Crippen LogP contribution in [0, 0.1) is 6.92 Å². The number of amides is 2. The van der Waals surface area contributed by atoms with Gasteiger partial charge >= 0.3 is 0 Å². The normalized spacial score (nSPS) is 12.2. The number of nitrogens with zero attached hydrogens (tertiary/aromatic N) is 3. The van der Waals surface area contributed by atoms with Gasteiger partial charge in [-0.1, -0.05) is 17.7 Å². The van der Waals surface area contributed by atoms with Crippen molar-refractivity contribution >= 4 is 77.0 Å². The SMILES string of the molecule is CC/N=c1\ccc2c(-c3ccc(S(=O)(=O)NCCOCCOCCOCCOCCC(=O)NCCCCNC(=O)Cc4c(C)n(C(=O)c5ccc(Cl)cc5)c5ccc(OC)cc45)cc3S(=O)(=O)O)c3ccc(N(CC)CC)cc3oc-2c1. The Morgan fingerprint density at radius 3 is 2.00 bits per heavy atom. The highest BCUT2D eigenvalue weighted by atomic mass is 35.5. The zero-order chi connectivity index (χ0) is 58.8. The largest absolute Gasteiger partial charge is 0.497 e. The minimum atomic E-state index is -4.96. The molecule has 0 unspecified atom stereocenters. The number of ether oxygens (including phenoxy) is 5. The van der Waals surface area contributed by atoms with Gasteiger partial charge in [0.05, 0.1) is 82.2 Å². The number of fused-ring (bicyclic) bond motifs is 3. The van der Waals surface area contributed by atoms with Gasteiger partial charge < -0.3 is 43.6 Å². The van der Waals surface area contributed by atoms with Crippen molar-refractivity contribution in [1.82, 2.24) is 19.9 Å². The molecule has 4 N–H and O–H groups in total. The minimum Gasteiger partial charge on any atom is -0.497 e. The van der Waals surface area contributed by atoms with E-state index in [0.29, 0.717) is 106 Å². The van der Waals surface area contributed by atoms with Crippen LogP contribution in [-0.2, 0) is 55.1 Å². The Balaban J connectivity index is 0.746. The molecule has 23 heteroatoms. The molecule has 440 valence electrons. The maximum Gasteiger partial charge on any atom is 0.295 e. The van der Waals surface area contributed by atoms with Crippen LogP contribution in [0.4, 0.5) is 5.69 Å². The number of benzene rings is 5. The van der Waals surface area contributed by atoms with Crippen molar-refractivity contribution in [2.24, 2.45) is 4.99 Å². The zero-order valence-electron chi connectivity index (χ0n) is 46.8. The van der Waals surface area contributed by atoms with Crippen molar-refractivity contribution in [1.29, 1.82) is 0 Å². The quantitative estimate of drug-likeness (QED) is 0.0178. The van der Waals surface area contributed by atoms with E-state index in [4.69, 9.17) is 39.7 Å². The fourth-order valence-corrected chi connectivity index (χ4v) is 11.3. The van der Waals surface area contributed by atoms with Gasteiger partial charge in [0.1, 0.15) is 22.0 Å². The molecule has 1 aliphatic heterocycles. The molecule has 0 bridgehead atoms. The van der Waals surface area contributed by atoms with Crippen LogP contribution in [-0.4, -0.2) is 143 Å². The Hall–Kier alpha value is -6.73. The van der Waals surface area contributed by atoms with E-state index >= 15 is 0 Å². The van der Waals surface area contributed by atoms with Crippen LogP contribution >= 0.6 is 11.6 Å². The monoisotopic (exact) mass is 1190 g/mol. The number of sulfonamides is 1. The average Bonchev–Trinajstić information content (AvgIpc) is 1.97. The Morgan fingerprint density at radius 2 is 1.35 bits per heavy atom.